The number of pyridine rings is 2. The Kier molecular flexibility index (Phi) is 12.0. The van der Waals surface area contributed by atoms with Crippen LogP contribution in [0.4, 0.5) is 0 Å². The quantitative estimate of drug-likeness (QED) is 0.140. The van der Waals surface area contributed by atoms with Crippen molar-refractivity contribution in [3.63, 3.8) is 0 Å². The standard InChI is InChI=1S/C25H19N3O2S2.C24H18N4O2S2/c1-32(29,30)22-13-7-18(8-14-22)25-27-23-17-26-16-15-24(23)28(25)19-9-11-21(12-10-19)31-20-5-3-2-4-6-20;25-32(29,30)21-12-6-17(7-13-21)24-27-22-14-15-26-16-23(22)28(24)18-8-10-20(11-9-18)31-19-4-2-1-3-5-19/h2-17H,1H3;1-16H,(H2,25,29,30). The minimum Gasteiger partial charge on any atom is -0.292 e. The van der Waals surface area contributed by atoms with E-state index in [1.165, 1.54) is 28.2 Å². The summed E-state index contributed by atoms with van der Waals surface area (Å²) in [6, 6.07) is 54.0. The molecule has 0 aliphatic rings. The third-order valence-corrected chi connectivity index (χ3v) is 14.1. The smallest absolute Gasteiger partial charge is 0.238 e. The third-order valence-electron chi connectivity index (χ3n) is 10.0. The molecule has 0 aliphatic carbocycles. The van der Waals surface area contributed by atoms with Crippen molar-refractivity contribution in [1.82, 2.24) is 29.1 Å². The minimum atomic E-state index is -3.76. The van der Waals surface area contributed by atoms with Gasteiger partial charge in [0.2, 0.25) is 10.0 Å². The molecule has 15 heteroatoms. The van der Waals surface area contributed by atoms with Crippen LogP contribution in [0.1, 0.15) is 0 Å². The zero-order chi connectivity index (χ0) is 44.3. The molecular weight excluding hydrogens is 879 g/mol. The number of rotatable bonds is 10. The number of sulfone groups is 1. The fourth-order valence-corrected chi connectivity index (χ4v) is 9.81. The molecule has 0 atom stereocenters. The van der Waals surface area contributed by atoms with Crippen LogP contribution in [0, 0.1) is 0 Å². The number of imidazole rings is 2. The molecule has 0 spiro atoms. The van der Waals surface area contributed by atoms with Gasteiger partial charge in [0.1, 0.15) is 17.2 Å². The lowest BCUT2D eigenvalue weighted by atomic mass is 10.2. The Labute approximate surface area is 378 Å². The lowest BCUT2D eigenvalue weighted by molar-refractivity contribution is 0.597. The zero-order valence-corrected chi connectivity index (χ0v) is 37.3. The molecule has 2 N–H and O–H groups in total. The highest BCUT2D eigenvalue weighted by molar-refractivity contribution is 7.99. The van der Waals surface area contributed by atoms with Gasteiger partial charge in [-0.15, -0.1) is 0 Å². The highest BCUT2D eigenvalue weighted by Gasteiger charge is 2.18. The van der Waals surface area contributed by atoms with Crippen molar-refractivity contribution in [2.75, 3.05) is 6.26 Å². The normalized spacial score (nSPS) is 11.7. The number of hydrogen-bond acceptors (Lipinski definition) is 10. The number of primary sulfonamides is 1. The maximum atomic E-state index is 11.8. The summed E-state index contributed by atoms with van der Waals surface area (Å²) >= 11 is 3.41. The van der Waals surface area contributed by atoms with Gasteiger partial charge < -0.3 is 0 Å². The van der Waals surface area contributed by atoms with Crippen molar-refractivity contribution in [2.24, 2.45) is 5.14 Å². The lowest BCUT2D eigenvalue weighted by Gasteiger charge is -2.11. The molecule has 0 bridgehead atoms. The minimum absolute atomic E-state index is 0.0628. The Bertz CT molecular complexity index is 3220. The second-order valence-electron chi connectivity index (χ2n) is 14.5. The summed E-state index contributed by atoms with van der Waals surface area (Å²) in [5.74, 6) is 1.42. The SMILES string of the molecule is CS(=O)(=O)c1ccc(-c2nc3cnccc3n2-c2ccc(Sc3ccccc3)cc2)cc1.NS(=O)(=O)c1ccc(-c2nc3ccncc3n2-c2ccc(Sc3ccccc3)cc2)cc1. The third kappa shape index (κ3) is 9.39. The first kappa shape index (κ1) is 42.4. The maximum Gasteiger partial charge on any atom is 0.238 e. The van der Waals surface area contributed by atoms with Crippen LogP contribution in [0.25, 0.3) is 56.2 Å². The van der Waals surface area contributed by atoms with Gasteiger partial charge in [-0.25, -0.2) is 31.9 Å². The lowest BCUT2D eigenvalue weighted by Crippen LogP contribution is -2.11. The molecule has 11 nitrogen and oxygen atoms in total. The van der Waals surface area contributed by atoms with E-state index in [9.17, 15) is 16.8 Å². The van der Waals surface area contributed by atoms with Crippen LogP contribution >= 0.6 is 23.5 Å². The van der Waals surface area contributed by atoms with Crippen LogP contribution in [0.5, 0.6) is 0 Å². The summed E-state index contributed by atoms with van der Waals surface area (Å²) in [6.07, 6.45) is 8.17. The largest absolute Gasteiger partial charge is 0.292 e. The van der Waals surface area contributed by atoms with Gasteiger partial charge in [-0.1, -0.05) is 59.9 Å². The van der Waals surface area contributed by atoms with Crippen LogP contribution < -0.4 is 5.14 Å². The Hall–Kier alpha value is -6.88. The fraction of sp³-hybridized carbons (Fsp3) is 0.0204. The Morgan fingerprint density at radius 3 is 1.39 bits per heavy atom. The van der Waals surface area contributed by atoms with E-state index >= 15 is 0 Å². The predicted octanol–water partition coefficient (Wildman–Crippen LogP) is 10.5. The molecule has 0 saturated carbocycles. The van der Waals surface area contributed by atoms with Crippen molar-refractivity contribution in [3.05, 3.63) is 195 Å². The first-order valence-corrected chi connectivity index (χ1v) is 24.8. The average Bonchev–Trinajstić information content (AvgIpc) is 3.90. The van der Waals surface area contributed by atoms with Crippen molar-refractivity contribution in [1.29, 1.82) is 0 Å². The number of nitrogens with two attached hydrogens (primary N) is 1. The highest BCUT2D eigenvalue weighted by atomic mass is 32.2. The second kappa shape index (κ2) is 18.1. The molecule has 4 aromatic heterocycles. The van der Waals surface area contributed by atoms with Crippen LogP contribution in [-0.4, -0.2) is 52.2 Å². The molecule has 316 valence electrons. The summed E-state index contributed by atoms with van der Waals surface area (Å²) in [5, 5.41) is 5.24. The molecule has 10 aromatic rings. The summed E-state index contributed by atoms with van der Waals surface area (Å²) in [7, 11) is -7.02. The molecule has 0 saturated heterocycles. The average molecular weight is 916 g/mol. The van der Waals surface area contributed by atoms with Gasteiger partial charge in [-0.05, 0) is 133 Å². The Balaban J connectivity index is 0.000000162. The predicted molar refractivity (Wildman–Crippen MR) is 254 cm³/mol. The number of aromatic nitrogens is 6. The van der Waals surface area contributed by atoms with Crippen LogP contribution in [0.3, 0.4) is 0 Å². The van der Waals surface area contributed by atoms with E-state index in [-0.39, 0.29) is 9.79 Å². The van der Waals surface area contributed by atoms with Gasteiger partial charge in [0.25, 0.3) is 0 Å². The Morgan fingerprint density at radius 2 is 0.891 bits per heavy atom. The number of benzene rings is 6. The van der Waals surface area contributed by atoms with Gasteiger partial charge in [0.15, 0.2) is 9.84 Å². The topological polar surface area (TPSA) is 156 Å². The van der Waals surface area contributed by atoms with Crippen molar-refractivity contribution in [2.45, 2.75) is 29.4 Å². The van der Waals surface area contributed by atoms with Crippen molar-refractivity contribution >= 4 is 65.5 Å². The summed E-state index contributed by atoms with van der Waals surface area (Å²) in [4.78, 5) is 23.0. The number of sulfonamides is 1. The van der Waals surface area contributed by atoms with Crippen LogP contribution in [-0.2, 0) is 19.9 Å². The van der Waals surface area contributed by atoms with E-state index in [2.05, 4.69) is 75.2 Å². The molecule has 0 unspecified atom stereocenters. The van der Waals surface area contributed by atoms with E-state index < -0.39 is 19.9 Å². The second-order valence-corrected chi connectivity index (χ2v) is 20.3. The highest BCUT2D eigenvalue weighted by Crippen LogP contribution is 2.34. The maximum absolute atomic E-state index is 11.8. The van der Waals surface area contributed by atoms with Gasteiger partial charge in [-0.3, -0.25) is 19.1 Å². The number of hydrogen-bond donors (Lipinski definition) is 1. The van der Waals surface area contributed by atoms with Crippen molar-refractivity contribution < 1.29 is 16.8 Å². The Morgan fingerprint density at radius 1 is 0.453 bits per heavy atom. The molecular formula is C49H37N7O4S4. The van der Waals surface area contributed by atoms with Gasteiger partial charge in [0.05, 0.1) is 38.7 Å². The first-order valence-electron chi connectivity index (χ1n) is 19.7. The van der Waals surface area contributed by atoms with E-state index in [0.717, 1.165) is 60.2 Å². The van der Waals surface area contributed by atoms with Crippen LogP contribution in [0.15, 0.2) is 224 Å². The molecule has 4 heterocycles. The number of nitrogens with zero attached hydrogens (tertiary/aromatic N) is 6. The monoisotopic (exact) mass is 915 g/mol. The van der Waals surface area contributed by atoms with E-state index in [4.69, 9.17) is 15.1 Å². The zero-order valence-electron chi connectivity index (χ0n) is 34.0. The van der Waals surface area contributed by atoms with Gasteiger partial charge >= 0.3 is 0 Å². The molecule has 6 aromatic carbocycles. The molecule has 0 fully saturated rings. The molecule has 64 heavy (non-hydrogen) atoms. The molecule has 0 radical (unpaired) electrons. The van der Waals surface area contributed by atoms with E-state index in [1.807, 2.05) is 65.2 Å². The molecule has 10 rings (SSSR count). The van der Waals surface area contributed by atoms with Gasteiger partial charge in [-0.2, -0.15) is 0 Å². The van der Waals surface area contributed by atoms with Crippen molar-refractivity contribution in [3.8, 4) is 34.2 Å². The summed E-state index contributed by atoms with van der Waals surface area (Å²) < 4.78 is 51.0. The van der Waals surface area contributed by atoms with E-state index in [0.29, 0.717) is 5.82 Å². The first-order chi connectivity index (χ1) is 31.0. The number of fused-ring (bicyclic) bond motifs is 2. The fourth-order valence-electron chi connectivity index (χ4n) is 6.99. The van der Waals surface area contributed by atoms with E-state index in [1.54, 1.807) is 84.7 Å². The molecule has 0 aliphatic heterocycles. The van der Waals surface area contributed by atoms with Gasteiger partial charge in [0, 0.05) is 60.7 Å². The van der Waals surface area contributed by atoms with Crippen LogP contribution in [0.2, 0.25) is 0 Å². The summed E-state index contributed by atoms with van der Waals surface area (Å²) in [6.45, 7) is 0. The summed E-state index contributed by atoms with van der Waals surface area (Å²) in [5.41, 5.74) is 6.88. The molecule has 0 amide bonds.